The Kier molecular flexibility index (Phi) is 4.47. The number of aliphatic hydroxyl groups is 1. The first kappa shape index (κ1) is 13.2. The van der Waals surface area contributed by atoms with Gasteiger partial charge in [0.25, 0.3) is 0 Å². The second kappa shape index (κ2) is 6.09. The summed E-state index contributed by atoms with van der Waals surface area (Å²) in [5.41, 5.74) is 1.82. The van der Waals surface area contributed by atoms with Gasteiger partial charge in [0.1, 0.15) is 0 Å². The number of benzene rings is 1. The van der Waals surface area contributed by atoms with Crippen LogP contribution in [-0.4, -0.2) is 54.7 Å². The molecule has 4 nitrogen and oxygen atoms in total. The minimum Gasteiger partial charge on any atom is -0.395 e. The average Bonchev–Trinajstić information content (AvgIpc) is 2.39. The molecule has 0 spiro atoms. The van der Waals surface area contributed by atoms with E-state index < -0.39 is 0 Å². The van der Waals surface area contributed by atoms with Crippen LogP contribution < -0.4 is 0 Å². The third kappa shape index (κ3) is 3.16. The Morgan fingerprint density at radius 1 is 1.56 bits per heavy atom. The standard InChI is InChI=1S/C14H19NO3/c1-11-3-2-4-12(7-11)14(17)8-15-5-6-18-10-13(15)9-16/h2-4,7,13,16H,5-6,8-10H2,1H3. The molecule has 1 heterocycles. The highest BCUT2D eigenvalue weighted by atomic mass is 16.5. The van der Waals surface area contributed by atoms with Gasteiger partial charge in [0, 0.05) is 12.1 Å². The van der Waals surface area contributed by atoms with E-state index in [0.29, 0.717) is 26.3 Å². The first-order chi connectivity index (χ1) is 8.70. The van der Waals surface area contributed by atoms with Crippen molar-refractivity contribution in [3.63, 3.8) is 0 Å². The number of morpholine rings is 1. The Bertz CT molecular complexity index is 419. The fraction of sp³-hybridized carbons (Fsp3) is 0.500. The molecule has 18 heavy (non-hydrogen) atoms. The molecule has 0 saturated carbocycles. The molecule has 0 bridgehead atoms. The van der Waals surface area contributed by atoms with Crippen molar-refractivity contribution in [1.82, 2.24) is 4.90 Å². The zero-order valence-electron chi connectivity index (χ0n) is 10.6. The summed E-state index contributed by atoms with van der Waals surface area (Å²) in [6.07, 6.45) is 0. The summed E-state index contributed by atoms with van der Waals surface area (Å²) in [6.45, 7) is 4.17. The van der Waals surface area contributed by atoms with E-state index in [1.165, 1.54) is 0 Å². The summed E-state index contributed by atoms with van der Waals surface area (Å²) in [7, 11) is 0. The van der Waals surface area contributed by atoms with Crippen LogP contribution in [0.4, 0.5) is 0 Å². The minimum absolute atomic E-state index is 0.0289. The van der Waals surface area contributed by atoms with Gasteiger partial charge >= 0.3 is 0 Å². The van der Waals surface area contributed by atoms with Crippen LogP contribution >= 0.6 is 0 Å². The number of ether oxygens (including phenoxy) is 1. The maximum atomic E-state index is 12.2. The number of aliphatic hydroxyl groups excluding tert-OH is 1. The van der Waals surface area contributed by atoms with Crippen LogP contribution in [0.1, 0.15) is 15.9 Å². The molecule has 4 heteroatoms. The summed E-state index contributed by atoms with van der Waals surface area (Å²) in [6, 6.07) is 7.54. The van der Waals surface area contributed by atoms with Gasteiger partial charge in [-0.25, -0.2) is 0 Å². The van der Waals surface area contributed by atoms with Crippen molar-refractivity contribution in [2.75, 3.05) is 32.9 Å². The van der Waals surface area contributed by atoms with Gasteiger partial charge in [0.05, 0.1) is 32.4 Å². The van der Waals surface area contributed by atoms with Crippen LogP contribution in [0.25, 0.3) is 0 Å². The number of ketones is 1. The topological polar surface area (TPSA) is 49.8 Å². The summed E-state index contributed by atoms with van der Waals surface area (Å²) in [5, 5.41) is 9.26. The van der Waals surface area contributed by atoms with Crippen LogP contribution in [0.2, 0.25) is 0 Å². The highest BCUT2D eigenvalue weighted by Gasteiger charge is 2.24. The Balaban J connectivity index is 2.02. The fourth-order valence-corrected chi connectivity index (χ4v) is 2.16. The molecule has 1 saturated heterocycles. The van der Waals surface area contributed by atoms with Crippen LogP contribution in [0, 0.1) is 6.92 Å². The fourth-order valence-electron chi connectivity index (χ4n) is 2.16. The molecule has 0 radical (unpaired) electrons. The molecule has 1 atom stereocenters. The van der Waals surface area contributed by atoms with Gasteiger partial charge in [-0.1, -0.05) is 23.8 Å². The summed E-state index contributed by atoms with van der Waals surface area (Å²) < 4.78 is 5.30. The van der Waals surface area contributed by atoms with Gasteiger partial charge in [0.15, 0.2) is 5.78 Å². The molecule has 1 unspecified atom stereocenters. The van der Waals surface area contributed by atoms with Crippen molar-refractivity contribution < 1.29 is 14.6 Å². The number of hydrogen-bond donors (Lipinski definition) is 1. The molecule has 1 aliphatic heterocycles. The molecular formula is C14H19NO3. The van der Waals surface area contributed by atoms with Crippen LogP contribution in [0.15, 0.2) is 24.3 Å². The van der Waals surface area contributed by atoms with Crippen LogP contribution in [0.3, 0.4) is 0 Å². The van der Waals surface area contributed by atoms with E-state index in [9.17, 15) is 9.90 Å². The van der Waals surface area contributed by atoms with Gasteiger partial charge in [-0.05, 0) is 13.0 Å². The van der Waals surface area contributed by atoms with Gasteiger partial charge in [-0.15, -0.1) is 0 Å². The van der Waals surface area contributed by atoms with Gasteiger partial charge in [-0.3, -0.25) is 9.69 Å². The molecule has 1 fully saturated rings. The van der Waals surface area contributed by atoms with Crippen molar-refractivity contribution >= 4 is 5.78 Å². The lowest BCUT2D eigenvalue weighted by molar-refractivity contribution is -0.0240. The molecule has 1 aliphatic rings. The summed E-state index contributed by atoms with van der Waals surface area (Å²) in [4.78, 5) is 14.2. The van der Waals surface area contributed by atoms with E-state index in [4.69, 9.17) is 4.74 Å². The molecule has 1 aromatic carbocycles. The third-order valence-electron chi connectivity index (χ3n) is 3.25. The average molecular weight is 249 g/mol. The Morgan fingerprint density at radius 2 is 2.39 bits per heavy atom. The van der Waals surface area contributed by atoms with E-state index in [-0.39, 0.29) is 18.4 Å². The second-order valence-corrected chi connectivity index (χ2v) is 4.67. The van der Waals surface area contributed by atoms with E-state index >= 15 is 0 Å². The Labute approximate surface area is 107 Å². The molecule has 1 N–H and O–H groups in total. The normalized spacial score (nSPS) is 20.9. The van der Waals surface area contributed by atoms with Gasteiger partial charge in [-0.2, -0.15) is 0 Å². The highest BCUT2D eigenvalue weighted by molar-refractivity contribution is 5.97. The molecule has 2 rings (SSSR count). The smallest absolute Gasteiger partial charge is 0.176 e. The predicted octanol–water partition coefficient (Wildman–Crippen LogP) is 0.871. The van der Waals surface area contributed by atoms with E-state index in [2.05, 4.69) is 0 Å². The van der Waals surface area contributed by atoms with Gasteiger partial charge in [0.2, 0.25) is 0 Å². The number of carbonyl (C=O) groups excluding carboxylic acids is 1. The van der Waals surface area contributed by atoms with Crippen molar-refractivity contribution in [2.45, 2.75) is 13.0 Å². The summed E-state index contributed by atoms with van der Waals surface area (Å²) >= 11 is 0. The van der Waals surface area contributed by atoms with Gasteiger partial charge < -0.3 is 9.84 Å². The Hall–Kier alpha value is -1.23. The minimum atomic E-state index is -0.0625. The number of hydrogen-bond acceptors (Lipinski definition) is 4. The first-order valence-electron chi connectivity index (χ1n) is 6.23. The quantitative estimate of drug-likeness (QED) is 0.804. The summed E-state index contributed by atoms with van der Waals surface area (Å²) in [5.74, 6) is 0.0963. The zero-order valence-corrected chi connectivity index (χ0v) is 10.6. The number of rotatable bonds is 4. The highest BCUT2D eigenvalue weighted by Crippen LogP contribution is 2.10. The molecule has 0 aliphatic carbocycles. The molecule has 98 valence electrons. The zero-order chi connectivity index (χ0) is 13.0. The SMILES string of the molecule is Cc1cccc(C(=O)CN2CCOCC2CO)c1. The molecule has 1 aromatic rings. The monoisotopic (exact) mass is 249 g/mol. The van der Waals surface area contributed by atoms with E-state index in [1.54, 1.807) is 0 Å². The molecule has 0 aromatic heterocycles. The predicted molar refractivity (Wildman–Crippen MR) is 68.8 cm³/mol. The lowest BCUT2D eigenvalue weighted by Gasteiger charge is -2.33. The second-order valence-electron chi connectivity index (χ2n) is 4.67. The van der Waals surface area contributed by atoms with Crippen molar-refractivity contribution in [3.8, 4) is 0 Å². The number of aryl methyl sites for hydroxylation is 1. The number of nitrogens with zero attached hydrogens (tertiary/aromatic N) is 1. The van der Waals surface area contributed by atoms with Crippen molar-refractivity contribution in [2.24, 2.45) is 0 Å². The maximum absolute atomic E-state index is 12.2. The van der Waals surface area contributed by atoms with E-state index in [1.807, 2.05) is 36.1 Å². The Morgan fingerprint density at radius 3 is 3.11 bits per heavy atom. The number of Topliss-reactive ketones (excluding diaryl/α,β-unsaturated/α-hetero) is 1. The molecular weight excluding hydrogens is 230 g/mol. The largest absolute Gasteiger partial charge is 0.395 e. The lowest BCUT2D eigenvalue weighted by atomic mass is 10.1. The van der Waals surface area contributed by atoms with Crippen molar-refractivity contribution in [3.05, 3.63) is 35.4 Å². The van der Waals surface area contributed by atoms with E-state index in [0.717, 1.165) is 11.1 Å². The van der Waals surface area contributed by atoms with Crippen LogP contribution in [0.5, 0.6) is 0 Å². The maximum Gasteiger partial charge on any atom is 0.176 e. The van der Waals surface area contributed by atoms with Crippen molar-refractivity contribution in [1.29, 1.82) is 0 Å². The third-order valence-corrected chi connectivity index (χ3v) is 3.25. The first-order valence-corrected chi connectivity index (χ1v) is 6.23. The van der Waals surface area contributed by atoms with Crippen LogP contribution in [-0.2, 0) is 4.74 Å². The number of carbonyl (C=O) groups is 1. The lowest BCUT2D eigenvalue weighted by Crippen LogP contribution is -2.49. The molecule has 0 amide bonds.